The smallest absolute Gasteiger partial charge is 0.149 e. The Morgan fingerprint density at radius 1 is 0.540 bits per heavy atom. The fourth-order valence-electron chi connectivity index (χ4n) is 8.57. The first-order valence-electron chi connectivity index (χ1n) is 23.0. The molecule has 0 radical (unpaired) electrons. The molecule has 8 rings (SSSR count). The monoisotopic (exact) mass is 831 g/mol. The molecule has 0 unspecified atom stereocenters. The molecule has 0 fully saturated rings. The highest BCUT2D eigenvalue weighted by atomic mass is 16.3. The van der Waals surface area contributed by atoms with Gasteiger partial charge in [-0.15, -0.1) is 0 Å². The molecule has 63 heavy (non-hydrogen) atoms. The largest absolute Gasteiger partial charge is 0.507 e. The second kappa shape index (κ2) is 16.8. The third-order valence-electron chi connectivity index (χ3n) is 12.5. The quantitative estimate of drug-likeness (QED) is 0.158. The van der Waals surface area contributed by atoms with E-state index in [1.165, 1.54) is 11.1 Å². The first kappa shape index (κ1) is 42.1. The van der Waals surface area contributed by atoms with E-state index >= 15 is 0 Å². The van der Waals surface area contributed by atoms with Gasteiger partial charge in [0.05, 0.1) is 28.0 Å². The minimum Gasteiger partial charge on any atom is -0.507 e. The predicted octanol–water partition coefficient (Wildman–Crippen LogP) is 16.4. The molecule has 0 saturated heterocycles. The van der Waals surface area contributed by atoms with Crippen LogP contribution in [0.3, 0.4) is 0 Å². The highest BCUT2D eigenvalue weighted by molar-refractivity contribution is 5.98. The Morgan fingerprint density at radius 2 is 1.22 bits per heavy atom. The number of pyridine rings is 1. The number of aromatic hydroxyl groups is 1. The van der Waals surface area contributed by atoms with Gasteiger partial charge in [-0.05, 0) is 127 Å². The van der Waals surface area contributed by atoms with Crippen molar-refractivity contribution < 1.29 is 6.48 Å². The van der Waals surface area contributed by atoms with Crippen LogP contribution in [-0.2, 0) is 10.8 Å². The number of rotatable bonds is 9. The van der Waals surface area contributed by atoms with Crippen LogP contribution in [0.4, 0.5) is 0 Å². The molecule has 320 valence electrons. The summed E-state index contributed by atoms with van der Waals surface area (Å²) in [6, 6.07) is 47.5. The van der Waals surface area contributed by atoms with Gasteiger partial charge in [0.2, 0.25) is 0 Å². The zero-order chi connectivity index (χ0) is 45.9. The Balaban J connectivity index is 1.41. The van der Waals surface area contributed by atoms with Crippen LogP contribution in [-0.4, -0.2) is 19.6 Å². The Kier molecular flexibility index (Phi) is 11.2. The number of hydrogen-bond acceptors (Lipinski definition) is 3. The van der Waals surface area contributed by atoms with Crippen molar-refractivity contribution in [3.05, 3.63) is 167 Å². The average Bonchev–Trinajstić information content (AvgIpc) is 3.65. The van der Waals surface area contributed by atoms with Gasteiger partial charge in [-0.25, -0.2) is 4.98 Å². The summed E-state index contributed by atoms with van der Waals surface area (Å²) in [5.41, 5.74) is 17.1. The van der Waals surface area contributed by atoms with Crippen molar-refractivity contribution >= 4 is 11.0 Å². The number of nitrogens with zero attached hydrogens (tertiary/aromatic N) is 3. The molecule has 4 nitrogen and oxygen atoms in total. The van der Waals surface area contributed by atoms with E-state index in [4.69, 9.17) is 11.3 Å². The maximum atomic E-state index is 12.3. The lowest BCUT2D eigenvalue weighted by atomic mass is 9.83. The zero-order valence-corrected chi connectivity index (χ0v) is 39.2. The highest BCUT2D eigenvalue weighted by Crippen LogP contribution is 2.45. The van der Waals surface area contributed by atoms with E-state index in [0.29, 0.717) is 11.4 Å². The van der Waals surface area contributed by atoms with Gasteiger partial charge in [-0.2, -0.15) is 0 Å². The fourth-order valence-corrected chi connectivity index (χ4v) is 8.57. The highest BCUT2D eigenvalue weighted by Gasteiger charge is 2.26. The van der Waals surface area contributed by atoms with Crippen LogP contribution >= 0.6 is 0 Å². The minimum absolute atomic E-state index is 0.0783. The number of imidazole rings is 1. The van der Waals surface area contributed by atoms with Crippen LogP contribution in [0.1, 0.15) is 130 Å². The van der Waals surface area contributed by atoms with E-state index in [0.717, 1.165) is 78.0 Å². The molecular weight excluding hydrogens is 767 g/mol. The summed E-state index contributed by atoms with van der Waals surface area (Å²) in [6.07, 6.45) is 1.92. The van der Waals surface area contributed by atoms with Crippen molar-refractivity contribution in [3.63, 3.8) is 0 Å². The zero-order valence-electron chi connectivity index (χ0n) is 40.2. The third-order valence-corrected chi connectivity index (χ3v) is 12.5. The summed E-state index contributed by atoms with van der Waals surface area (Å²) >= 11 is 0. The lowest BCUT2D eigenvalue weighted by molar-refractivity contribution is 0.466. The Morgan fingerprint density at radius 3 is 1.87 bits per heavy atom. The third kappa shape index (κ3) is 8.61. The summed E-state index contributed by atoms with van der Waals surface area (Å²) in [5, 5.41) is 12.3. The van der Waals surface area contributed by atoms with Crippen LogP contribution in [0.5, 0.6) is 5.75 Å². The topological polar surface area (TPSA) is 50.9 Å². The van der Waals surface area contributed by atoms with Crippen molar-refractivity contribution in [2.24, 2.45) is 0 Å². The summed E-state index contributed by atoms with van der Waals surface area (Å²) in [4.78, 5) is 10.6. The number of hydrogen-bond donors (Lipinski definition) is 1. The van der Waals surface area contributed by atoms with Crippen molar-refractivity contribution in [1.82, 2.24) is 14.5 Å². The number of para-hydroxylation sites is 1. The molecule has 6 aromatic carbocycles. The van der Waals surface area contributed by atoms with E-state index in [1.807, 2.05) is 26.1 Å². The van der Waals surface area contributed by atoms with Gasteiger partial charge in [0.25, 0.3) is 0 Å². The van der Waals surface area contributed by atoms with Crippen LogP contribution in [0.25, 0.3) is 72.7 Å². The van der Waals surface area contributed by atoms with Gasteiger partial charge in [-0.3, -0.25) is 9.55 Å². The Bertz CT molecular complexity index is 2990. The SMILES string of the molecule is [2H]C(C)(C)c1ccc(-n2c(-c3cc(C(C)C)cc(C(C)C)c3O)nc3c(-c4cc(-c5cc(-c6ccc(C(C)(C)C)cc6)ccn5)cc(C(C)(C)C)c4)cccc32)c(-c2ccccc2)c1. The summed E-state index contributed by atoms with van der Waals surface area (Å²) in [7, 11) is 0. The van der Waals surface area contributed by atoms with Gasteiger partial charge in [-0.1, -0.05) is 168 Å². The van der Waals surface area contributed by atoms with Gasteiger partial charge >= 0.3 is 0 Å². The number of fused-ring (bicyclic) bond motifs is 1. The molecule has 1 N–H and O–H groups in total. The molecule has 8 aromatic rings. The van der Waals surface area contributed by atoms with E-state index in [9.17, 15) is 5.11 Å². The van der Waals surface area contributed by atoms with Crippen LogP contribution in [0.15, 0.2) is 140 Å². The normalized spacial score (nSPS) is 12.7. The average molecular weight is 831 g/mol. The van der Waals surface area contributed by atoms with Crippen molar-refractivity contribution in [2.75, 3.05) is 0 Å². The summed E-state index contributed by atoms with van der Waals surface area (Å²) < 4.78 is 11.3. The second-order valence-corrected chi connectivity index (χ2v) is 20.2. The molecule has 0 amide bonds. The molecule has 0 aliphatic heterocycles. The molecule has 0 spiro atoms. The van der Waals surface area contributed by atoms with Gasteiger partial charge in [0, 0.05) is 24.3 Å². The van der Waals surface area contributed by atoms with Crippen LogP contribution in [0, 0.1) is 0 Å². The first-order valence-corrected chi connectivity index (χ1v) is 22.5. The number of phenolic OH excluding ortho intramolecular Hbond substituents is 1. The summed E-state index contributed by atoms with van der Waals surface area (Å²) in [6.45, 7) is 26.0. The molecule has 0 saturated carbocycles. The Hall–Kier alpha value is -6.26. The lowest BCUT2D eigenvalue weighted by Crippen LogP contribution is -2.11. The molecule has 2 aromatic heterocycles. The first-order chi connectivity index (χ1) is 30.2. The van der Waals surface area contributed by atoms with Crippen LogP contribution in [0.2, 0.25) is 0 Å². The van der Waals surface area contributed by atoms with Crippen molar-refractivity contribution in [2.45, 2.75) is 112 Å². The minimum atomic E-state index is -0.813. The second-order valence-electron chi connectivity index (χ2n) is 20.2. The van der Waals surface area contributed by atoms with Gasteiger partial charge in [0.15, 0.2) is 0 Å². The number of benzene rings is 6. The molecule has 0 bridgehead atoms. The summed E-state index contributed by atoms with van der Waals surface area (Å²) in [5.74, 6) is 0.429. The van der Waals surface area contributed by atoms with E-state index < -0.39 is 5.89 Å². The molecule has 4 heteroatoms. The number of phenols is 1. The fraction of sp³-hybridized carbons (Fsp3) is 0.288. The van der Waals surface area contributed by atoms with Gasteiger partial charge in [0.1, 0.15) is 11.6 Å². The van der Waals surface area contributed by atoms with E-state index in [2.05, 4.69) is 201 Å². The maximum Gasteiger partial charge on any atom is 0.149 e. The molecular formula is C59H63N3O. The number of aromatic nitrogens is 3. The van der Waals surface area contributed by atoms with E-state index in [-0.39, 0.29) is 28.4 Å². The Labute approximate surface area is 377 Å². The maximum absolute atomic E-state index is 12.3. The van der Waals surface area contributed by atoms with Gasteiger partial charge < -0.3 is 5.11 Å². The lowest BCUT2D eigenvalue weighted by Gasteiger charge is -2.22. The van der Waals surface area contributed by atoms with Crippen LogP contribution < -0.4 is 0 Å². The van der Waals surface area contributed by atoms with Crippen molar-refractivity contribution in [1.29, 1.82) is 0 Å². The molecule has 0 atom stereocenters. The van der Waals surface area contributed by atoms with E-state index in [1.54, 1.807) is 0 Å². The van der Waals surface area contributed by atoms with Crippen molar-refractivity contribution in [3.8, 4) is 67.5 Å². The standard InChI is InChI=1S/C59H63N3O/c1-36(2)41-23-26-53(50(32-41)40-17-14-13-15-18-40)62-54-20-16-19-48(55(54)61-57(62)51-34-43(37(3)4)33-49(38(5)6)56(51)63)44-29-45(31-47(30-44)59(10,11)12)52-35-42(27-28-60-52)39-21-24-46(25-22-39)58(7,8)9/h13-38,63H,1-12H3/i36D. The molecule has 2 heterocycles. The predicted molar refractivity (Wildman–Crippen MR) is 267 cm³/mol. The molecule has 0 aliphatic carbocycles. The molecule has 0 aliphatic rings.